The fraction of sp³-hybridized carbons (Fsp3) is 0.571. The minimum atomic E-state index is -0.396. The second-order valence-electron chi connectivity index (χ2n) is 6.88. The Kier molecular flexibility index (Phi) is 8.29. The maximum atomic E-state index is 12.8. The lowest BCUT2D eigenvalue weighted by atomic mass is 9.93. The summed E-state index contributed by atoms with van der Waals surface area (Å²) in [5, 5.41) is 9.40. The first-order valence-electron chi connectivity index (χ1n) is 9.22. The van der Waals surface area contributed by atoms with Crippen LogP contribution in [0, 0.1) is 12.8 Å². The molecule has 0 saturated carbocycles. The molecule has 1 unspecified atom stereocenters. The van der Waals surface area contributed by atoms with E-state index in [0.29, 0.717) is 24.8 Å². The number of aryl methyl sites for hydroxylation is 1. The first kappa shape index (κ1) is 20.6. The van der Waals surface area contributed by atoms with Gasteiger partial charge in [-0.25, -0.2) is 4.79 Å². The Morgan fingerprint density at radius 2 is 2.12 bits per heavy atom. The topological polar surface area (TPSA) is 65.0 Å². The molecule has 144 valence electrons. The van der Waals surface area contributed by atoms with Crippen LogP contribution in [0.15, 0.2) is 30.4 Å². The molecule has 1 aliphatic heterocycles. The Bertz CT molecular complexity index is 610. The van der Waals surface area contributed by atoms with Crippen LogP contribution < -0.4 is 0 Å². The average molecular weight is 362 g/mol. The smallest absolute Gasteiger partial charge is 0.338 e. The fourth-order valence-electron chi connectivity index (χ4n) is 3.32. The van der Waals surface area contributed by atoms with Crippen LogP contribution in [0.3, 0.4) is 0 Å². The minimum Gasteiger partial charge on any atom is -0.459 e. The van der Waals surface area contributed by atoms with Crippen LogP contribution in [0.25, 0.3) is 0 Å². The highest BCUT2D eigenvalue weighted by Gasteiger charge is 2.26. The van der Waals surface area contributed by atoms with Crippen LogP contribution >= 0.6 is 0 Å². The molecule has 2 rings (SSSR count). The van der Waals surface area contributed by atoms with Crippen LogP contribution in [0.4, 0.5) is 0 Å². The molecule has 0 spiro atoms. The molecule has 1 heterocycles. The Morgan fingerprint density at radius 3 is 2.85 bits per heavy atom. The largest absolute Gasteiger partial charge is 0.459 e. The molecule has 5 heteroatoms. The van der Waals surface area contributed by atoms with Crippen LogP contribution in [-0.2, 0) is 20.6 Å². The summed E-state index contributed by atoms with van der Waals surface area (Å²) in [6.07, 6.45) is 6.22. The van der Waals surface area contributed by atoms with E-state index in [1.54, 1.807) is 7.11 Å². The number of cyclic esters (lactones) is 1. The first-order valence-corrected chi connectivity index (χ1v) is 9.22. The molecule has 3 atom stereocenters. The van der Waals surface area contributed by atoms with Crippen molar-refractivity contribution in [2.24, 2.45) is 5.92 Å². The molecule has 0 amide bonds. The lowest BCUT2D eigenvalue weighted by molar-refractivity contribution is -0.104. The van der Waals surface area contributed by atoms with Gasteiger partial charge in [-0.3, -0.25) is 0 Å². The molecule has 0 fully saturated rings. The zero-order valence-electron chi connectivity index (χ0n) is 15.9. The quantitative estimate of drug-likeness (QED) is 0.494. The van der Waals surface area contributed by atoms with Gasteiger partial charge in [0.25, 0.3) is 0 Å². The van der Waals surface area contributed by atoms with Gasteiger partial charge in [0.15, 0.2) is 0 Å². The normalized spacial score (nSPS) is 25.5. The Morgan fingerprint density at radius 1 is 1.31 bits per heavy atom. The molecule has 0 bridgehead atoms. The van der Waals surface area contributed by atoms with Crippen molar-refractivity contribution in [1.82, 2.24) is 0 Å². The van der Waals surface area contributed by atoms with Crippen molar-refractivity contribution in [2.45, 2.75) is 51.7 Å². The minimum absolute atomic E-state index is 0.0378. The highest BCUT2D eigenvalue weighted by Crippen LogP contribution is 2.24. The average Bonchev–Trinajstić information content (AvgIpc) is 2.61. The number of benzene rings is 1. The number of fused-ring (bicyclic) bond motifs is 1. The van der Waals surface area contributed by atoms with E-state index in [9.17, 15) is 9.90 Å². The van der Waals surface area contributed by atoms with Gasteiger partial charge in [-0.1, -0.05) is 37.3 Å². The third-order valence-corrected chi connectivity index (χ3v) is 4.83. The van der Waals surface area contributed by atoms with Crippen molar-refractivity contribution in [2.75, 3.05) is 20.5 Å². The van der Waals surface area contributed by atoms with Gasteiger partial charge in [-0.05, 0) is 36.8 Å². The standard InChI is InChI=1S/C21H30O5/c1-15-7-4-5-9-17-10-6-8-16(2)20(17)21(23)26-18(11-12-22)13-19(15)25-14-24-3/h4-6,8,10,15,18-19,22H,7,9,11-14H2,1-3H3/b5-4+/t15-,18?,19+/m0/s1. The summed E-state index contributed by atoms with van der Waals surface area (Å²) in [5.74, 6) is -0.0821. The van der Waals surface area contributed by atoms with E-state index in [4.69, 9.17) is 14.2 Å². The lowest BCUT2D eigenvalue weighted by Gasteiger charge is -2.28. The van der Waals surface area contributed by atoms with Gasteiger partial charge in [0.2, 0.25) is 0 Å². The van der Waals surface area contributed by atoms with Crippen molar-refractivity contribution >= 4 is 5.97 Å². The summed E-state index contributed by atoms with van der Waals surface area (Å²) in [7, 11) is 1.59. The number of hydrogen-bond acceptors (Lipinski definition) is 5. The number of methoxy groups -OCH3 is 1. The van der Waals surface area contributed by atoms with Crippen molar-refractivity contribution in [1.29, 1.82) is 0 Å². The van der Waals surface area contributed by atoms with E-state index in [-0.39, 0.29) is 31.4 Å². The summed E-state index contributed by atoms with van der Waals surface area (Å²) in [5.41, 5.74) is 2.50. The number of allylic oxidation sites excluding steroid dienone is 2. The molecule has 1 N–H and O–H groups in total. The number of rotatable bonds is 5. The zero-order valence-corrected chi connectivity index (χ0v) is 15.9. The molecular weight excluding hydrogens is 332 g/mol. The van der Waals surface area contributed by atoms with E-state index in [1.165, 1.54) is 0 Å². The van der Waals surface area contributed by atoms with Crippen molar-refractivity contribution in [3.8, 4) is 0 Å². The van der Waals surface area contributed by atoms with E-state index >= 15 is 0 Å². The third-order valence-electron chi connectivity index (χ3n) is 4.83. The number of carbonyl (C=O) groups excluding carboxylic acids is 1. The molecule has 0 saturated heterocycles. The fourth-order valence-corrected chi connectivity index (χ4v) is 3.32. The SMILES string of the molecule is COCO[C@@H]1CC(CCO)OC(=O)c2c(C)cccc2C/C=C/C[C@@H]1C. The van der Waals surface area contributed by atoms with Gasteiger partial charge in [0, 0.05) is 26.6 Å². The summed E-state index contributed by atoms with van der Waals surface area (Å²) in [6.45, 7) is 4.19. The monoisotopic (exact) mass is 362 g/mol. The molecular formula is C21H30O5. The lowest BCUT2D eigenvalue weighted by Crippen LogP contribution is -2.31. The predicted octanol–water partition coefficient (Wildman–Crippen LogP) is 3.42. The Labute approximate surface area is 156 Å². The number of hydrogen-bond donors (Lipinski definition) is 1. The number of aliphatic hydroxyl groups is 1. The third kappa shape index (κ3) is 5.66. The van der Waals surface area contributed by atoms with Gasteiger partial charge < -0.3 is 19.3 Å². The van der Waals surface area contributed by atoms with E-state index in [0.717, 1.165) is 17.5 Å². The van der Waals surface area contributed by atoms with Gasteiger partial charge in [0.05, 0.1) is 11.7 Å². The van der Waals surface area contributed by atoms with Crippen molar-refractivity contribution in [3.05, 3.63) is 47.0 Å². The molecule has 1 aliphatic rings. The van der Waals surface area contributed by atoms with E-state index < -0.39 is 6.10 Å². The predicted molar refractivity (Wildman–Crippen MR) is 100 cm³/mol. The van der Waals surface area contributed by atoms with Crippen LogP contribution in [0.5, 0.6) is 0 Å². The Hall–Kier alpha value is -1.69. The van der Waals surface area contributed by atoms with Gasteiger partial charge in [-0.15, -0.1) is 0 Å². The molecule has 0 aliphatic carbocycles. The first-order chi connectivity index (χ1) is 12.6. The zero-order chi connectivity index (χ0) is 18.9. The van der Waals surface area contributed by atoms with E-state index in [2.05, 4.69) is 19.1 Å². The summed E-state index contributed by atoms with van der Waals surface area (Å²) in [4.78, 5) is 12.8. The number of aliphatic hydroxyl groups excluding tert-OH is 1. The van der Waals surface area contributed by atoms with Crippen molar-refractivity contribution in [3.63, 3.8) is 0 Å². The van der Waals surface area contributed by atoms with Crippen LogP contribution in [0.2, 0.25) is 0 Å². The number of carbonyl (C=O) groups is 1. The molecule has 1 aromatic rings. The van der Waals surface area contributed by atoms with Gasteiger partial charge >= 0.3 is 5.97 Å². The molecule has 1 aromatic carbocycles. The highest BCUT2D eigenvalue weighted by atomic mass is 16.7. The maximum Gasteiger partial charge on any atom is 0.338 e. The number of ether oxygens (including phenoxy) is 3. The van der Waals surface area contributed by atoms with Crippen LogP contribution in [-0.4, -0.2) is 43.8 Å². The molecule has 5 nitrogen and oxygen atoms in total. The maximum absolute atomic E-state index is 12.8. The van der Waals surface area contributed by atoms with Gasteiger partial charge in [0.1, 0.15) is 12.9 Å². The van der Waals surface area contributed by atoms with E-state index in [1.807, 2.05) is 25.1 Å². The molecule has 26 heavy (non-hydrogen) atoms. The highest BCUT2D eigenvalue weighted by molar-refractivity contribution is 5.93. The van der Waals surface area contributed by atoms with Crippen LogP contribution in [0.1, 0.15) is 47.7 Å². The molecule has 0 radical (unpaired) electrons. The van der Waals surface area contributed by atoms with Gasteiger partial charge in [-0.2, -0.15) is 0 Å². The second kappa shape index (κ2) is 10.5. The summed E-state index contributed by atoms with van der Waals surface area (Å²) < 4.78 is 16.7. The van der Waals surface area contributed by atoms with Crippen molar-refractivity contribution < 1.29 is 24.1 Å². The Balaban J connectivity index is 2.31. The molecule has 0 aromatic heterocycles. The number of esters is 1. The summed E-state index contributed by atoms with van der Waals surface area (Å²) >= 11 is 0. The second-order valence-corrected chi connectivity index (χ2v) is 6.88. The summed E-state index contributed by atoms with van der Waals surface area (Å²) in [6, 6.07) is 5.85.